The predicted molar refractivity (Wildman–Crippen MR) is 79.9 cm³/mol. The standard InChI is InChI=1S/C13H17BrF3NO2S/c1-3-18-12(6-7-21(2,19)20)10-5-4-9(14)8-11(10)13(15,16)17/h4-5,8,12,18H,3,6-7H2,1-2H3. The summed E-state index contributed by atoms with van der Waals surface area (Å²) in [7, 11) is -3.23. The van der Waals surface area contributed by atoms with E-state index in [1.165, 1.54) is 12.1 Å². The topological polar surface area (TPSA) is 46.2 Å². The fourth-order valence-electron chi connectivity index (χ4n) is 2.02. The van der Waals surface area contributed by atoms with E-state index in [0.717, 1.165) is 12.3 Å². The van der Waals surface area contributed by atoms with Crippen molar-refractivity contribution in [2.75, 3.05) is 18.6 Å². The van der Waals surface area contributed by atoms with Gasteiger partial charge in [0.2, 0.25) is 0 Å². The van der Waals surface area contributed by atoms with E-state index in [2.05, 4.69) is 21.2 Å². The maximum absolute atomic E-state index is 13.1. The molecule has 0 aliphatic rings. The Labute approximate surface area is 131 Å². The van der Waals surface area contributed by atoms with E-state index in [1.54, 1.807) is 6.92 Å². The molecule has 1 aromatic carbocycles. The molecule has 0 saturated heterocycles. The number of sulfone groups is 1. The first-order valence-electron chi connectivity index (χ1n) is 6.32. The molecule has 1 atom stereocenters. The quantitative estimate of drug-likeness (QED) is 0.811. The van der Waals surface area contributed by atoms with Crippen LogP contribution in [0.4, 0.5) is 13.2 Å². The third-order valence-electron chi connectivity index (χ3n) is 2.92. The fourth-order valence-corrected chi connectivity index (χ4v) is 3.05. The van der Waals surface area contributed by atoms with E-state index in [0.29, 0.717) is 11.0 Å². The van der Waals surface area contributed by atoms with Crippen molar-refractivity contribution in [1.29, 1.82) is 0 Å². The summed E-state index contributed by atoms with van der Waals surface area (Å²) in [5.41, 5.74) is -0.687. The molecule has 0 aliphatic heterocycles. The molecular formula is C13H17BrF3NO2S. The van der Waals surface area contributed by atoms with Gasteiger partial charge in [0.05, 0.1) is 11.3 Å². The van der Waals surface area contributed by atoms with E-state index in [1.807, 2.05) is 0 Å². The summed E-state index contributed by atoms with van der Waals surface area (Å²) >= 11 is 3.03. The smallest absolute Gasteiger partial charge is 0.310 e. The van der Waals surface area contributed by atoms with Gasteiger partial charge in [-0.1, -0.05) is 28.9 Å². The second kappa shape index (κ2) is 7.11. The molecule has 0 saturated carbocycles. The second-order valence-corrected chi connectivity index (χ2v) is 7.93. The van der Waals surface area contributed by atoms with Gasteiger partial charge in [0.25, 0.3) is 0 Å². The molecule has 8 heteroatoms. The molecular weight excluding hydrogens is 371 g/mol. The van der Waals surface area contributed by atoms with Crippen LogP contribution in [0, 0.1) is 0 Å². The summed E-state index contributed by atoms with van der Waals surface area (Å²) in [5.74, 6) is -0.169. The van der Waals surface area contributed by atoms with Crippen LogP contribution in [-0.2, 0) is 16.0 Å². The summed E-state index contributed by atoms with van der Waals surface area (Å²) in [6, 6.07) is 3.26. The van der Waals surface area contributed by atoms with Gasteiger partial charge in [0.1, 0.15) is 9.84 Å². The molecule has 0 amide bonds. The Balaban J connectivity index is 3.18. The Morgan fingerprint density at radius 1 is 1.33 bits per heavy atom. The first kappa shape index (κ1) is 18.4. The third kappa shape index (κ3) is 5.96. The molecule has 1 unspecified atom stereocenters. The van der Waals surface area contributed by atoms with Gasteiger partial charge in [0.15, 0.2) is 0 Å². The van der Waals surface area contributed by atoms with E-state index in [-0.39, 0.29) is 17.7 Å². The van der Waals surface area contributed by atoms with Crippen LogP contribution in [0.1, 0.15) is 30.5 Å². The zero-order chi connectivity index (χ0) is 16.3. The number of nitrogens with one attached hydrogen (secondary N) is 1. The van der Waals surface area contributed by atoms with Crippen molar-refractivity contribution < 1.29 is 21.6 Å². The van der Waals surface area contributed by atoms with E-state index < -0.39 is 27.6 Å². The lowest BCUT2D eigenvalue weighted by atomic mass is 9.98. The van der Waals surface area contributed by atoms with Crippen LogP contribution in [-0.4, -0.2) is 27.0 Å². The van der Waals surface area contributed by atoms with Gasteiger partial charge in [-0.3, -0.25) is 0 Å². The van der Waals surface area contributed by atoms with Crippen molar-refractivity contribution in [3.05, 3.63) is 33.8 Å². The minimum Gasteiger partial charge on any atom is -0.310 e. The van der Waals surface area contributed by atoms with Crippen molar-refractivity contribution in [1.82, 2.24) is 5.32 Å². The lowest BCUT2D eigenvalue weighted by Gasteiger charge is -2.22. The van der Waals surface area contributed by atoms with Gasteiger partial charge >= 0.3 is 6.18 Å². The summed E-state index contributed by atoms with van der Waals surface area (Å²) in [6.45, 7) is 2.21. The van der Waals surface area contributed by atoms with Crippen LogP contribution in [0.2, 0.25) is 0 Å². The maximum atomic E-state index is 13.1. The summed E-state index contributed by atoms with van der Waals surface area (Å²) in [4.78, 5) is 0. The monoisotopic (exact) mass is 387 g/mol. The Morgan fingerprint density at radius 3 is 2.43 bits per heavy atom. The molecule has 0 aliphatic carbocycles. The largest absolute Gasteiger partial charge is 0.416 e. The minimum absolute atomic E-state index is 0.0659. The van der Waals surface area contributed by atoms with Crippen molar-refractivity contribution in [2.24, 2.45) is 0 Å². The highest BCUT2D eigenvalue weighted by Crippen LogP contribution is 2.37. The molecule has 0 heterocycles. The highest BCUT2D eigenvalue weighted by molar-refractivity contribution is 9.10. The van der Waals surface area contributed by atoms with Gasteiger partial charge in [-0.05, 0) is 30.7 Å². The lowest BCUT2D eigenvalue weighted by molar-refractivity contribution is -0.138. The van der Waals surface area contributed by atoms with Gasteiger partial charge in [0, 0.05) is 16.8 Å². The fraction of sp³-hybridized carbons (Fsp3) is 0.538. The molecule has 1 rings (SSSR count). The number of rotatable bonds is 6. The predicted octanol–water partition coefficient (Wildman–Crippen LogP) is 3.55. The van der Waals surface area contributed by atoms with Crippen LogP contribution in [0.5, 0.6) is 0 Å². The number of alkyl halides is 3. The molecule has 0 bridgehead atoms. The average molecular weight is 388 g/mol. The summed E-state index contributed by atoms with van der Waals surface area (Å²) in [6.07, 6.45) is -3.32. The highest BCUT2D eigenvalue weighted by atomic mass is 79.9. The van der Waals surface area contributed by atoms with Gasteiger partial charge in [-0.25, -0.2) is 8.42 Å². The lowest BCUT2D eigenvalue weighted by Crippen LogP contribution is -2.26. The van der Waals surface area contributed by atoms with Crippen LogP contribution < -0.4 is 5.32 Å². The van der Waals surface area contributed by atoms with Crippen molar-refractivity contribution >= 4 is 25.8 Å². The zero-order valence-corrected chi connectivity index (χ0v) is 14.1. The van der Waals surface area contributed by atoms with Gasteiger partial charge in [-0.2, -0.15) is 13.2 Å². The normalized spacial score (nSPS) is 14.2. The number of hydrogen-bond donors (Lipinski definition) is 1. The molecule has 0 radical (unpaired) electrons. The number of halogens is 4. The van der Waals surface area contributed by atoms with Crippen molar-refractivity contribution in [3.8, 4) is 0 Å². The number of benzene rings is 1. The summed E-state index contributed by atoms with van der Waals surface area (Å²) in [5, 5.41) is 2.92. The van der Waals surface area contributed by atoms with Crippen LogP contribution >= 0.6 is 15.9 Å². The SMILES string of the molecule is CCNC(CCS(C)(=O)=O)c1ccc(Br)cc1C(F)(F)F. The van der Waals surface area contributed by atoms with Crippen LogP contribution in [0.15, 0.2) is 22.7 Å². The number of hydrogen-bond acceptors (Lipinski definition) is 3. The molecule has 21 heavy (non-hydrogen) atoms. The zero-order valence-electron chi connectivity index (χ0n) is 11.7. The molecule has 1 N–H and O–H groups in total. The molecule has 3 nitrogen and oxygen atoms in total. The van der Waals surface area contributed by atoms with Crippen LogP contribution in [0.3, 0.4) is 0 Å². The molecule has 0 fully saturated rings. The van der Waals surface area contributed by atoms with Crippen molar-refractivity contribution in [3.63, 3.8) is 0 Å². The maximum Gasteiger partial charge on any atom is 0.416 e. The first-order chi connectivity index (χ1) is 9.54. The Hall–Kier alpha value is -0.600. The molecule has 1 aromatic rings. The Bertz CT molecular complexity index is 588. The molecule has 0 spiro atoms. The van der Waals surface area contributed by atoms with E-state index in [4.69, 9.17) is 0 Å². The Morgan fingerprint density at radius 2 is 1.95 bits per heavy atom. The van der Waals surface area contributed by atoms with Crippen LogP contribution in [0.25, 0.3) is 0 Å². The average Bonchev–Trinajstić information content (AvgIpc) is 2.32. The summed E-state index contributed by atoms with van der Waals surface area (Å²) < 4.78 is 62.2. The van der Waals surface area contributed by atoms with Gasteiger partial charge < -0.3 is 5.32 Å². The van der Waals surface area contributed by atoms with E-state index in [9.17, 15) is 21.6 Å². The van der Waals surface area contributed by atoms with E-state index >= 15 is 0 Å². The Kier molecular flexibility index (Phi) is 6.24. The van der Waals surface area contributed by atoms with Crippen molar-refractivity contribution in [2.45, 2.75) is 25.6 Å². The van der Waals surface area contributed by atoms with Gasteiger partial charge in [-0.15, -0.1) is 0 Å². The third-order valence-corrected chi connectivity index (χ3v) is 4.39. The highest BCUT2D eigenvalue weighted by Gasteiger charge is 2.35. The molecule has 120 valence electrons. The first-order valence-corrected chi connectivity index (χ1v) is 9.17. The molecule has 0 aromatic heterocycles. The minimum atomic E-state index is -4.49. The second-order valence-electron chi connectivity index (χ2n) is 4.76.